The van der Waals surface area contributed by atoms with E-state index in [1.165, 1.54) is 23.1 Å². The number of nitrogens with one attached hydrogen (secondary N) is 1. The molecule has 5 rings (SSSR count). The van der Waals surface area contributed by atoms with Gasteiger partial charge in [0.15, 0.2) is 0 Å². The number of aryl methyl sites for hydroxylation is 1. The second-order valence-electron chi connectivity index (χ2n) is 8.36. The number of aromatic nitrogens is 3. The molecule has 1 aromatic heterocycles. The Morgan fingerprint density at radius 1 is 0.969 bits per heavy atom. The highest BCUT2D eigenvalue weighted by molar-refractivity contribution is 5.64. The second kappa shape index (κ2) is 8.84. The summed E-state index contributed by atoms with van der Waals surface area (Å²) in [4.78, 5) is 9.16. The number of benzene rings is 2. The number of ether oxygens (including phenoxy) is 1. The minimum Gasteiger partial charge on any atom is -0.380 e. The molecule has 168 valence electrons. The van der Waals surface area contributed by atoms with E-state index in [9.17, 15) is 8.78 Å². The van der Waals surface area contributed by atoms with Crippen molar-refractivity contribution in [3.8, 4) is 5.69 Å². The van der Waals surface area contributed by atoms with Crippen molar-refractivity contribution in [3.63, 3.8) is 0 Å². The van der Waals surface area contributed by atoms with Crippen LogP contribution >= 0.6 is 0 Å². The zero-order valence-electron chi connectivity index (χ0n) is 18.0. The van der Waals surface area contributed by atoms with Crippen molar-refractivity contribution in [1.29, 1.82) is 0 Å². The van der Waals surface area contributed by atoms with Gasteiger partial charge in [-0.2, -0.15) is 4.98 Å². The molecule has 0 saturated carbocycles. The van der Waals surface area contributed by atoms with Gasteiger partial charge in [-0.05, 0) is 49.2 Å². The monoisotopic (exact) mass is 440 g/mol. The molecule has 2 aromatic carbocycles. The maximum Gasteiger partial charge on any atom is 0.246 e. The lowest BCUT2D eigenvalue weighted by atomic mass is 10.1. The van der Waals surface area contributed by atoms with Crippen LogP contribution in [0.15, 0.2) is 42.7 Å². The number of hydrogen-bond donors (Lipinski definition) is 1. The van der Waals surface area contributed by atoms with Gasteiger partial charge in [-0.1, -0.05) is 0 Å². The van der Waals surface area contributed by atoms with E-state index in [1.807, 2.05) is 6.07 Å². The van der Waals surface area contributed by atoms with Crippen molar-refractivity contribution in [2.24, 2.45) is 0 Å². The molecule has 1 N–H and O–H groups in total. The zero-order valence-corrected chi connectivity index (χ0v) is 18.0. The van der Waals surface area contributed by atoms with Crippen molar-refractivity contribution in [3.05, 3.63) is 59.9 Å². The molecule has 0 bridgehead atoms. The van der Waals surface area contributed by atoms with E-state index in [4.69, 9.17) is 4.74 Å². The third-order valence-corrected chi connectivity index (χ3v) is 6.02. The number of anilines is 3. The third-order valence-electron chi connectivity index (χ3n) is 6.02. The predicted molar refractivity (Wildman–Crippen MR) is 119 cm³/mol. The minimum atomic E-state index is -0.658. The molecule has 1 atom stereocenters. The van der Waals surface area contributed by atoms with Gasteiger partial charge in [0.05, 0.1) is 12.3 Å². The third kappa shape index (κ3) is 4.58. The van der Waals surface area contributed by atoms with Gasteiger partial charge < -0.3 is 15.0 Å². The number of halogens is 2. The van der Waals surface area contributed by atoms with Gasteiger partial charge in [-0.25, -0.2) is 13.5 Å². The fourth-order valence-electron chi connectivity index (χ4n) is 4.42. The Kier molecular flexibility index (Phi) is 5.75. The maximum absolute atomic E-state index is 13.5. The lowest BCUT2D eigenvalue weighted by Gasteiger charge is -2.38. The first-order valence-electron chi connectivity index (χ1n) is 10.9. The quantitative estimate of drug-likeness (QED) is 0.655. The molecule has 1 unspecified atom stereocenters. The summed E-state index contributed by atoms with van der Waals surface area (Å²) in [5.74, 6) is -0.958. The van der Waals surface area contributed by atoms with Crippen molar-refractivity contribution in [2.45, 2.75) is 19.4 Å². The van der Waals surface area contributed by atoms with Gasteiger partial charge >= 0.3 is 0 Å². The van der Waals surface area contributed by atoms with Crippen molar-refractivity contribution in [1.82, 2.24) is 19.7 Å². The Balaban J connectivity index is 1.28. The van der Waals surface area contributed by atoms with E-state index in [2.05, 4.69) is 44.3 Å². The predicted octanol–water partition coefficient (Wildman–Crippen LogP) is 3.51. The molecular weight excluding hydrogens is 414 g/mol. The molecule has 0 radical (unpaired) electrons. The van der Waals surface area contributed by atoms with E-state index in [1.54, 1.807) is 0 Å². The summed E-state index contributed by atoms with van der Waals surface area (Å²) in [6.45, 7) is 7.77. The Morgan fingerprint density at radius 2 is 1.75 bits per heavy atom. The molecule has 2 saturated heterocycles. The SMILES string of the molecule is Cc1cc(Nc2ncn(-c3cc(F)cc(F)c3)n2)cc(N2CCN(C3CCOC3)CC2)c1. The zero-order chi connectivity index (χ0) is 22.1. The largest absolute Gasteiger partial charge is 0.380 e. The molecule has 0 amide bonds. The molecular formula is C23H26F2N6O. The fraction of sp³-hybridized carbons (Fsp3) is 0.391. The van der Waals surface area contributed by atoms with E-state index >= 15 is 0 Å². The number of piperazine rings is 1. The Morgan fingerprint density at radius 3 is 2.47 bits per heavy atom. The van der Waals surface area contributed by atoms with Crippen LogP contribution in [0.1, 0.15) is 12.0 Å². The lowest BCUT2D eigenvalue weighted by molar-refractivity contribution is 0.139. The maximum atomic E-state index is 13.5. The first-order chi connectivity index (χ1) is 15.5. The average molecular weight is 440 g/mol. The number of rotatable bonds is 5. The van der Waals surface area contributed by atoms with Crippen molar-refractivity contribution in [2.75, 3.05) is 49.6 Å². The van der Waals surface area contributed by atoms with E-state index in [0.29, 0.717) is 12.0 Å². The molecule has 3 heterocycles. The summed E-state index contributed by atoms with van der Waals surface area (Å²) in [5.41, 5.74) is 3.43. The van der Waals surface area contributed by atoms with Crippen LogP contribution in [-0.4, -0.2) is 65.1 Å². The Labute approximate surface area is 185 Å². The smallest absolute Gasteiger partial charge is 0.246 e. The van der Waals surface area contributed by atoms with Gasteiger partial charge in [0.25, 0.3) is 0 Å². The van der Waals surface area contributed by atoms with E-state index in [0.717, 1.165) is 68.8 Å². The molecule has 2 aliphatic rings. The average Bonchev–Trinajstić information content (AvgIpc) is 3.45. The summed E-state index contributed by atoms with van der Waals surface area (Å²) in [7, 11) is 0. The Hall–Kier alpha value is -3.04. The summed E-state index contributed by atoms with van der Waals surface area (Å²) in [5, 5.41) is 7.53. The number of nitrogens with zero attached hydrogens (tertiary/aromatic N) is 5. The molecule has 2 aliphatic heterocycles. The second-order valence-corrected chi connectivity index (χ2v) is 8.36. The minimum absolute atomic E-state index is 0.276. The Bertz CT molecular complexity index is 1070. The van der Waals surface area contributed by atoms with Crippen LogP contribution in [0, 0.1) is 18.6 Å². The van der Waals surface area contributed by atoms with Crippen LogP contribution in [0.3, 0.4) is 0 Å². The van der Waals surface area contributed by atoms with Crippen molar-refractivity contribution < 1.29 is 13.5 Å². The fourth-order valence-corrected chi connectivity index (χ4v) is 4.42. The van der Waals surface area contributed by atoms with Gasteiger partial charge in [-0.3, -0.25) is 4.90 Å². The van der Waals surface area contributed by atoms with Crippen LogP contribution in [0.4, 0.5) is 26.1 Å². The highest BCUT2D eigenvalue weighted by Crippen LogP contribution is 2.26. The number of hydrogen-bond acceptors (Lipinski definition) is 6. The molecule has 32 heavy (non-hydrogen) atoms. The highest BCUT2D eigenvalue weighted by Gasteiger charge is 2.27. The van der Waals surface area contributed by atoms with Crippen LogP contribution < -0.4 is 10.2 Å². The van der Waals surface area contributed by atoms with Crippen LogP contribution in [-0.2, 0) is 4.74 Å². The summed E-state index contributed by atoms with van der Waals surface area (Å²) >= 11 is 0. The van der Waals surface area contributed by atoms with Gasteiger partial charge in [0, 0.05) is 56.3 Å². The van der Waals surface area contributed by atoms with Crippen LogP contribution in [0.2, 0.25) is 0 Å². The summed E-state index contributed by atoms with van der Waals surface area (Å²) in [6, 6.07) is 10.1. The molecule has 7 nitrogen and oxygen atoms in total. The highest BCUT2D eigenvalue weighted by atomic mass is 19.1. The summed E-state index contributed by atoms with van der Waals surface area (Å²) < 4.78 is 33.9. The lowest BCUT2D eigenvalue weighted by Crippen LogP contribution is -2.50. The van der Waals surface area contributed by atoms with Crippen LogP contribution in [0.25, 0.3) is 5.69 Å². The van der Waals surface area contributed by atoms with E-state index in [-0.39, 0.29) is 5.69 Å². The first kappa shape index (κ1) is 20.8. The first-order valence-corrected chi connectivity index (χ1v) is 10.9. The molecule has 0 aliphatic carbocycles. The summed E-state index contributed by atoms with van der Waals surface area (Å²) in [6.07, 6.45) is 2.56. The molecule has 3 aromatic rings. The van der Waals surface area contributed by atoms with Crippen LogP contribution in [0.5, 0.6) is 0 Å². The standard InChI is InChI=1S/C23H26F2N6O/c1-16-8-19(27-23-26-15-31(28-23)22-11-17(24)10-18(25)12-22)13-21(9-16)30-5-3-29(4-6-30)20-2-7-32-14-20/h8-13,15,20H,2-7,14H2,1H3,(H,27,28). The molecule has 9 heteroatoms. The normalized spacial score (nSPS) is 19.5. The topological polar surface area (TPSA) is 58.5 Å². The van der Waals surface area contributed by atoms with Gasteiger partial charge in [0.2, 0.25) is 5.95 Å². The van der Waals surface area contributed by atoms with Crippen molar-refractivity contribution >= 4 is 17.3 Å². The van der Waals surface area contributed by atoms with Gasteiger partial charge in [-0.15, -0.1) is 5.10 Å². The molecule has 2 fully saturated rings. The van der Waals surface area contributed by atoms with Gasteiger partial charge in [0.1, 0.15) is 18.0 Å². The molecule has 0 spiro atoms. The van der Waals surface area contributed by atoms with E-state index < -0.39 is 11.6 Å².